The average Bonchev–Trinajstić information content (AvgIpc) is 3.48. The third-order valence-corrected chi connectivity index (χ3v) is 9.19. The molecule has 42 heavy (non-hydrogen) atoms. The third-order valence-electron chi connectivity index (χ3n) is 9.19. The molecule has 0 N–H and O–H groups in total. The lowest BCUT2D eigenvalue weighted by molar-refractivity contribution is 0.661. The van der Waals surface area contributed by atoms with E-state index in [4.69, 9.17) is 9.97 Å². The predicted molar refractivity (Wildman–Crippen MR) is 174 cm³/mol. The Morgan fingerprint density at radius 2 is 1.29 bits per heavy atom. The molecular weight excluding hydrogens is 510 g/mol. The number of nitrogens with zero attached hydrogens (tertiary/aromatic N) is 3. The molecule has 3 heteroatoms. The van der Waals surface area contributed by atoms with Crippen molar-refractivity contribution in [3.05, 3.63) is 139 Å². The zero-order chi connectivity index (χ0) is 28.0. The van der Waals surface area contributed by atoms with E-state index in [1.54, 1.807) is 0 Å². The first-order valence-corrected chi connectivity index (χ1v) is 14.5. The van der Waals surface area contributed by atoms with Gasteiger partial charge in [-0.25, -0.2) is 9.97 Å². The molecule has 0 unspecified atom stereocenters. The molecule has 6 aromatic carbocycles. The van der Waals surface area contributed by atoms with Gasteiger partial charge in [0.1, 0.15) is 0 Å². The molecule has 8 aromatic rings. The van der Waals surface area contributed by atoms with Crippen molar-refractivity contribution in [2.45, 2.75) is 19.3 Å². The van der Waals surface area contributed by atoms with E-state index in [0.29, 0.717) is 5.95 Å². The molecule has 0 saturated heterocycles. The Hall–Kier alpha value is -5.28. The Kier molecular flexibility index (Phi) is 4.67. The highest BCUT2D eigenvalue weighted by atomic mass is 15.2. The van der Waals surface area contributed by atoms with Crippen LogP contribution in [0.25, 0.3) is 71.8 Å². The second kappa shape index (κ2) is 8.37. The maximum Gasteiger partial charge on any atom is 0.235 e. The Bertz CT molecular complexity index is 2380. The van der Waals surface area contributed by atoms with Crippen LogP contribution in [0.15, 0.2) is 127 Å². The second-order valence-electron chi connectivity index (χ2n) is 11.9. The Morgan fingerprint density at radius 3 is 2.17 bits per heavy atom. The molecule has 0 spiro atoms. The molecule has 0 bridgehead atoms. The van der Waals surface area contributed by atoms with Gasteiger partial charge in [0.05, 0.1) is 22.2 Å². The fourth-order valence-corrected chi connectivity index (χ4v) is 7.19. The van der Waals surface area contributed by atoms with Crippen LogP contribution in [0.1, 0.15) is 25.0 Å². The minimum absolute atomic E-state index is 0.0478. The highest BCUT2D eigenvalue weighted by Crippen LogP contribution is 2.51. The van der Waals surface area contributed by atoms with Crippen molar-refractivity contribution in [1.29, 1.82) is 0 Å². The zero-order valence-electron chi connectivity index (χ0n) is 23.5. The summed E-state index contributed by atoms with van der Waals surface area (Å²) in [6.45, 7) is 4.68. The van der Waals surface area contributed by atoms with Gasteiger partial charge in [-0.3, -0.25) is 4.57 Å². The van der Waals surface area contributed by atoms with Crippen LogP contribution in [-0.2, 0) is 5.41 Å². The summed E-state index contributed by atoms with van der Waals surface area (Å²) in [6.07, 6.45) is 0. The summed E-state index contributed by atoms with van der Waals surface area (Å²) in [6, 6.07) is 45.6. The molecule has 2 heterocycles. The number of hydrogen-bond donors (Lipinski definition) is 0. The summed E-state index contributed by atoms with van der Waals surface area (Å²) in [7, 11) is 0. The van der Waals surface area contributed by atoms with Crippen molar-refractivity contribution in [1.82, 2.24) is 14.5 Å². The molecule has 1 aliphatic carbocycles. The maximum atomic E-state index is 5.28. The summed E-state index contributed by atoms with van der Waals surface area (Å²) in [5.74, 6) is 0.686. The maximum absolute atomic E-state index is 5.28. The monoisotopic (exact) mass is 537 g/mol. The summed E-state index contributed by atoms with van der Waals surface area (Å²) < 4.78 is 2.26. The second-order valence-corrected chi connectivity index (χ2v) is 11.9. The minimum Gasteiger partial charge on any atom is -0.278 e. The van der Waals surface area contributed by atoms with Crippen LogP contribution in [-0.4, -0.2) is 14.5 Å². The summed E-state index contributed by atoms with van der Waals surface area (Å²) in [5, 5.41) is 5.98. The van der Waals surface area contributed by atoms with Crippen LogP contribution in [0.3, 0.4) is 0 Å². The highest BCUT2D eigenvalue weighted by Gasteiger charge is 2.36. The first-order chi connectivity index (χ1) is 20.6. The topological polar surface area (TPSA) is 30.7 Å². The molecule has 0 amide bonds. The number of para-hydroxylation sites is 2. The summed E-state index contributed by atoms with van der Waals surface area (Å²) >= 11 is 0. The minimum atomic E-state index is -0.0478. The fourth-order valence-electron chi connectivity index (χ4n) is 7.19. The van der Waals surface area contributed by atoms with Gasteiger partial charge in [0.15, 0.2) is 0 Å². The van der Waals surface area contributed by atoms with Crippen molar-refractivity contribution >= 4 is 43.5 Å². The Morgan fingerprint density at radius 1 is 0.548 bits per heavy atom. The van der Waals surface area contributed by atoms with Gasteiger partial charge >= 0.3 is 0 Å². The van der Waals surface area contributed by atoms with E-state index >= 15 is 0 Å². The van der Waals surface area contributed by atoms with Gasteiger partial charge in [0.25, 0.3) is 0 Å². The predicted octanol–water partition coefficient (Wildman–Crippen LogP) is 9.85. The molecule has 0 saturated carbocycles. The molecule has 0 aliphatic heterocycles. The Labute approximate surface area is 243 Å². The normalized spacial score (nSPS) is 13.7. The van der Waals surface area contributed by atoms with E-state index in [9.17, 15) is 0 Å². The third kappa shape index (κ3) is 3.11. The average molecular weight is 538 g/mol. The van der Waals surface area contributed by atoms with E-state index in [2.05, 4.69) is 140 Å². The van der Waals surface area contributed by atoms with Crippen LogP contribution in [0.2, 0.25) is 0 Å². The van der Waals surface area contributed by atoms with Gasteiger partial charge in [-0.15, -0.1) is 0 Å². The van der Waals surface area contributed by atoms with Crippen molar-refractivity contribution in [3.63, 3.8) is 0 Å². The quantitative estimate of drug-likeness (QED) is 0.220. The molecule has 1 aliphatic rings. The molecular formula is C39H27N3. The fraction of sp³-hybridized carbons (Fsp3) is 0.0769. The van der Waals surface area contributed by atoms with E-state index in [1.807, 2.05) is 6.07 Å². The molecule has 9 rings (SSSR count). The molecule has 2 aromatic heterocycles. The number of aromatic nitrogens is 3. The number of rotatable bonds is 2. The van der Waals surface area contributed by atoms with Crippen LogP contribution in [0, 0.1) is 0 Å². The van der Waals surface area contributed by atoms with Crippen LogP contribution in [0.5, 0.6) is 0 Å². The van der Waals surface area contributed by atoms with E-state index < -0.39 is 0 Å². The summed E-state index contributed by atoms with van der Waals surface area (Å²) in [5.41, 5.74) is 10.6. The van der Waals surface area contributed by atoms with E-state index in [0.717, 1.165) is 33.2 Å². The number of fused-ring (bicyclic) bond motifs is 9. The van der Waals surface area contributed by atoms with E-state index in [-0.39, 0.29) is 5.41 Å². The molecule has 0 fully saturated rings. The highest BCUT2D eigenvalue weighted by molar-refractivity contribution is 6.16. The van der Waals surface area contributed by atoms with Gasteiger partial charge < -0.3 is 0 Å². The van der Waals surface area contributed by atoms with Gasteiger partial charge in [-0.05, 0) is 57.3 Å². The van der Waals surface area contributed by atoms with Gasteiger partial charge in [-0.1, -0.05) is 117 Å². The number of benzene rings is 6. The van der Waals surface area contributed by atoms with Crippen LogP contribution >= 0.6 is 0 Å². The lowest BCUT2D eigenvalue weighted by Crippen LogP contribution is -2.14. The smallest absolute Gasteiger partial charge is 0.235 e. The van der Waals surface area contributed by atoms with Gasteiger partial charge in [-0.2, -0.15) is 0 Å². The lowest BCUT2D eigenvalue weighted by atomic mass is 9.82. The Balaban J connectivity index is 1.42. The summed E-state index contributed by atoms with van der Waals surface area (Å²) in [4.78, 5) is 10.4. The first-order valence-electron chi connectivity index (χ1n) is 14.5. The molecule has 3 nitrogen and oxygen atoms in total. The van der Waals surface area contributed by atoms with Crippen LogP contribution < -0.4 is 0 Å². The molecule has 0 radical (unpaired) electrons. The van der Waals surface area contributed by atoms with Crippen molar-refractivity contribution in [3.8, 4) is 28.3 Å². The zero-order valence-corrected chi connectivity index (χ0v) is 23.5. The molecule has 0 atom stereocenters. The lowest BCUT2D eigenvalue weighted by Gasteiger charge is -2.21. The SMILES string of the molecule is CC1(C)c2ccccc2-c2c1ccc1cc3c4ccccc4n(-c4nc(-c5ccccc5)c5ccccc5n4)c3cc21. The van der Waals surface area contributed by atoms with Gasteiger partial charge in [0.2, 0.25) is 5.95 Å². The standard InChI is InChI=1S/C39H27N3/c1-39(2)31-17-9-6-15-27(31)36-29-23-35-30(22-25(29)20-21-32(36)39)26-14-8-11-19-34(26)42(35)38-40-33-18-10-7-16-28(33)37(41-38)24-12-4-3-5-13-24/h3-23H,1-2H3. The van der Waals surface area contributed by atoms with Crippen LogP contribution in [0.4, 0.5) is 0 Å². The number of hydrogen-bond acceptors (Lipinski definition) is 2. The first kappa shape index (κ1) is 23.4. The van der Waals surface area contributed by atoms with Crippen molar-refractivity contribution in [2.75, 3.05) is 0 Å². The van der Waals surface area contributed by atoms with E-state index in [1.165, 1.54) is 43.8 Å². The van der Waals surface area contributed by atoms with Gasteiger partial charge in [0, 0.05) is 27.1 Å². The van der Waals surface area contributed by atoms with Crippen molar-refractivity contribution in [2.24, 2.45) is 0 Å². The largest absolute Gasteiger partial charge is 0.278 e. The van der Waals surface area contributed by atoms with Crippen molar-refractivity contribution < 1.29 is 0 Å². The molecule has 198 valence electrons.